The Labute approximate surface area is 260 Å². The third kappa shape index (κ3) is 4.37. The predicted octanol–water partition coefficient (Wildman–Crippen LogP) is 11.4. The Balaban J connectivity index is 1.11. The minimum Gasteiger partial charge on any atom is -0.454 e. The van der Waals surface area contributed by atoms with Gasteiger partial charge in [-0.05, 0) is 57.3 Å². The highest BCUT2D eigenvalue weighted by atomic mass is 16.3. The van der Waals surface area contributed by atoms with Crippen molar-refractivity contribution in [3.05, 3.63) is 158 Å². The summed E-state index contributed by atoms with van der Waals surface area (Å²) >= 11 is 0. The second-order valence-electron chi connectivity index (χ2n) is 11.4. The van der Waals surface area contributed by atoms with Gasteiger partial charge in [-0.15, -0.1) is 0 Å². The number of fused-ring (bicyclic) bond motifs is 6. The van der Waals surface area contributed by atoms with Crippen LogP contribution < -0.4 is 0 Å². The van der Waals surface area contributed by atoms with Crippen molar-refractivity contribution in [1.29, 1.82) is 0 Å². The average Bonchev–Trinajstić information content (AvgIpc) is 3.51. The fourth-order valence-corrected chi connectivity index (χ4v) is 6.35. The molecule has 0 spiro atoms. The van der Waals surface area contributed by atoms with Crippen LogP contribution in [-0.4, -0.2) is 9.97 Å². The molecule has 3 heteroatoms. The van der Waals surface area contributed by atoms with Gasteiger partial charge in [-0.25, -0.2) is 9.97 Å². The molecule has 2 heterocycles. The third-order valence-corrected chi connectivity index (χ3v) is 8.70. The normalized spacial score (nSPS) is 11.6. The number of nitrogens with zero attached hydrogens (tertiary/aromatic N) is 2. The van der Waals surface area contributed by atoms with Crippen LogP contribution in [0.4, 0.5) is 0 Å². The maximum Gasteiger partial charge on any atom is 0.161 e. The molecule has 2 aromatic heterocycles. The summed E-state index contributed by atoms with van der Waals surface area (Å²) in [5, 5.41) is 5.63. The first-order valence-corrected chi connectivity index (χ1v) is 15.2. The lowest BCUT2D eigenvalue weighted by molar-refractivity contribution is 0.671. The molecule has 0 fully saturated rings. The van der Waals surface area contributed by atoms with E-state index >= 15 is 0 Å². The van der Waals surface area contributed by atoms with Crippen molar-refractivity contribution in [3.8, 4) is 44.9 Å². The zero-order valence-corrected chi connectivity index (χ0v) is 24.3. The zero-order chi connectivity index (χ0) is 29.7. The lowest BCUT2D eigenvalue weighted by Crippen LogP contribution is -1.95. The van der Waals surface area contributed by atoms with E-state index in [9.17, 15) is 0 Å². The van der Waals surface area contributed by atoms with Crippen LogP contribution in [0.15, 0.2) is 162 Å². The monoisotopic (exact) mass is 574 g/mol. The van der Waals surface area contributed by atoms with E-state index in [1.807, 2.05) is 36.4 Å². The van der Waals surface area contributed by atoms with Gasteiger partial charge in [0.05, 0.1) is 5.69 Å². The maximum absolute atomic E-state index is 6.40. The van der Waals surface area contributed by atoms with E-state index in [0.717, 1.165) is 55.2 Å². The van der Waals surface area contributed by atoms with Crippen molar-refractivity contribution in [2.75, 3.05) is 0 Å². The molecule has 3 nitrogen and oxygen atoms in total. The summed E-state index contributed by atoms with van der Waals surface area (Å²) in [6.45, 7) is 0. The Morgan fingerprint density at radius 2 is 0.978 bits per heavy atom. The Morgan fingerprint density at radius 3 is 1.76 bits per heavy atom. The SMILES string of the molecule is c1ccc(-c2nc(-c3ccc(-c4ccc(-c5ccc6ccccc6c5)cc4)cc3)nc3c2ccc2c4ccccc4oc23)cc1. The van der Waals surface area contributed by atoms with Gasteiger partial charge in [0.15, 0.2) is 11.4 Å². The van der Waals surface area contributed by atoms with Gasteiger partial charge in [0.1, 0.15) is 11.1 Å². The van der Waals surface area contributed by atoms with Crippen LogP contribution in [0, 0.1) is 0 Å². The fourth-order valence-electron chi connectivity index (χ4n) is 6.35. The minimum atomic E-state index is 0.674. The van der Waals surface area contributed by atoms with Crippen LogP contribution in [0.1, 0.15) is 0 Å². The summed E-state index contributed by atoms with van der Waals surface area (Å²) < 4.78 is 6.40. The molecule has 0 aliphatic heterocycles. The second kappa shape index (κ2) is 10.3. The molecule has 0 saturated heterocycles. The summed E-state index contributed by atoms with van der Waals surface area (Å²) in [5.74, 6) is 0.674. The smallest absolute Gasteiger partial charge is 0.161 e. The molecule has 0 saturated carbocycles. The Kier molecular flexibility index (Phi) is 5.82. The highest BCUT2D eigenvalue weighted by Crippen LogP contribution is 2.37. The van der Waals surface area contributed by atoms with E-state index in [1.54, 1.807) is 0 Å². The first-order chi connectivity index (χ1) is 22.3. The molecule has 9 rings (SSSR count). The highest BCUT2D eigenvalue weighted by molar-refractivity contribution is 6.15. The zero-order valence-electron chi connectivity index (χ0n) is 24.3. The number of furan rings is 1. The summed E-state index contributed by atoms with van der Waals surface area (Å²) in [7, 11) is 0. The first kappa shape index (κ1) is 25.4. The molecule has 0 radical (unpaired) electrons. The molecule has 0 atom stereocenters. The van der Waals surface area contributed by atoms with Crippen molar-refractivity contribution in [2.45, 2.75) is 0 Å². The molecule has 0 N–H and O–H groups in total. The Bertz CT molecular complexity index is 2510. The summed E-state index contributed by atoms with van der Waals surface area (Å²) in [5.41, 5.74) is 10.1. The van der Waals surface area contributed by atoms with E-state index in [1.165, 1.54) is 27.5 Å². The number of benzene rings is 7. The molecule has 0 amide bonds. The summed E-state index contributed by atoms with van der Waals surface area (Å²) in [6.07, 6.45) is 0. The summed E-state index contributed by atoms with van der Waals surface area (Å²) in [4.78, 5) is 10.2. The van der Waals surface area contributed by atoms with E-state index in [4.69, 9.17) is 14.4 Å². The topological polar surface area (TPSA) is 38.9 Å². The van der Waals surface area contributed by atoms with Gasteiger partial charge in [0.2, 0.25) is 0 Å². The van der Waals surface area contributed by atoms with Gasteiger partial charge in [0, 0.05) is 27.3 Å². The van der Waals surface area contributed by atoms with Crippen LogP contribution in [0.2, 0.25) is 0 Å². The lowest BCUT2D eigenvalue weighted by Gasteiger charge is -2.11. The van der Waals surface area contributed by atoms with E-state index in [-0.39, 0.29) is 0 Å². The van der Waals surface area contributed by atoms with Gasteiger partial charge in [-0.2, -0.15) is 0 Å². The van der Waals surface area contributed by atoms with Crippen LogP contribution in [0.25, 0.3) is 88.5 Å². The van der Waals surface area contributed by atoms with Crippen molar-refractivity contribution in [3.63, 3.8) is 0 Å². The van der Waals surface area contributed by atoms with Gasteiger partial charge in [0.25, 0.3) is 0 Å². The largest absolute Gasteiger partial charge is 0.454 e. The minimum absolute atomic E-state index is 0.674. The molecule has 0 unspecified atom stereocenters. The van der Waals surface area contributed by atoms with Crippen molar-refractivity contribution >= 4 is 43.6 Å². The second-order valence-corrected chi connectivity index (χ2v) is 11.4. The standard InChI is InChI=1S/C42H26N2O/c1-2-9-31(10-3-1)39-37-25-24-36-35-12-6-7-13-38(35)45-41(36)40(37)44-42(43-39)32-21-18-29(19-22-32)28-14-16-30(17-15-28)34-23-20-27-8-4-5-11-33(27)26-34/h1-26H. The van der Waals surface area contributed by atoms with Crippen LogP contribution in [0.3, 0.4) is 0 Å². The molecular formula is C42H26N2O. The molecule has 0 bridgehead atoms. The summed E-state index contributed by atoms with van der Waals surface area (Å²) in [6, 6.07) is 55.1. The molecule has 0 aliphatic rings. The number of aromatic nitrogens is 2. The molecule has 9 aromatic rings. The van der Waals surface area contributed by atoms with Crippen molar-refractivity contribution < 1.29 is 4.42 Å². The van der Waals surface area contributed by atoms with Crippen molar-refractivity contribution in [2.24, 2.45) is 0 Å². The van der Waals surface area contributed by atoms with Gasteiger partial charge >= 0.3 is 0 Å². The van der Waals surface area contributed by atoms with E-state index in [0.29, 0.717) is 5.82 Å². The van der Waals surface area contributed by atoms with Crippen LogP contribution in [-0.2, 0) is 0 Å². The average molecular weight is 575 g/mol. The van der Waals surface area contributed by atoms with E-state index in [2.05, 4.69) is 121 Å². The predicted molar refractivity (Wildman–Crippen MR) is 186 cm³/mol. The quantitative estimate of drug-likeness (QED) is 0.210. The van der Waals surface area contributed by atoms with Gasteiger partial charge < -0.3 is 4.42 Å². The highest BCUT2D eigenvalue weighted by Gasteiger charge is 2.17. The number of para-hydroxylation sites is 1. The molecular weight excluding hydrogens is 548 g/mol. The maximum atomic E-state index is 6.40. The van der Waals surface area contributed by atoms with Crippen LogP contribution in [0.5, 0.6) is 0 Å². The fraction of sp³-hybridized carbons (Fsp3) is 0. The third-order valence-electron chi connectivity index (χ3n) is 8.70. The Morgan fingerprint density at radius 1 is 0.378 bits per heavy atom. The molecule has 0 aliphatic carbocycles. The molecule has 210 valence electrons. The molecule has 7 aromatic carbocycles. The van der Waals surface area contributed by atoms with Gasteiger partial charge in [-0.1, -0.05) is 133 Å². The number of hydrogen-bond acceptors (Lipinski definition) is 3. The Hall–Kier alpha value is -6.06. The van der Waals surface area contributed by atoms with E-state index < -0.39 is 0 Å². The van der Waals surface area contributed by atoms with Crippen molar-refractivity contribution in [1.82, 2.24) is 9.97 Å². The lowest BCUT2D eigenvalue weighted by atomic mass is 9.98. The van der Waals surface area contributed by atoms with Gasteiger partial charge in [-0.3, -0.25) is 0 Å². The van der Waals surface area contributed by atoms with Crippen LogP contribution >= 0.6 is 0 Å². The molecule has 45 heavy (non-hydrogen) atoms. The number of hydrogen-bond donors (Lipinski definition) is 0. The first-order valence-electron chi connectivity index (χ1n) is 15.2. The number of rotatable bonds is 4.